The van der Waals surface area contributed by atoms with Crippen molar-refractivity contribution in [3.63, 3.8) is 0 Å². The molecule has 0 aliphatic heterocycles. The number of carbonyl (C=O) groups is 2. The van der Waals surface area contributed by atoms with Crippen LogP contribution in [-0.4, -0.2) is 51.0 Å². The Bertz CT molecular complexity index is 1040. The summed E-state index contributed by atoms with van der Waals surface area (Å²) < 4.78 is 26.6. The van der Waals surface area contributed by atoms with Gasteiger partial charge in [0.25, 0.3) is 0 Å². The third kappa shape index (κ3) is 6.58. The second-order valence-electron chi connectivity index (χ2n) is 6.76. The third-order valence-corrected chi connectivity index (χ3v) is 6.98. The number of sulfonamides is 1. The summed E-state index contributed by atoms with van der Waals surface area (Å²) in [6, 6.07) is 10.5. The zero-order chi connectivity index (χ0) is 23.3. The van der Waals surface area contributed by atoms with Gasteiger partial charge in [-0.2, -0.15) is 0 Å². The summed E-state index contributed by atoms with van der Waals surface area (Å²) in [6.07, 6.45) is 1.01. The van der Waals surface area contributed by atoms with Crippen LogP contribution in [0.1, 0.15) is 12.5 Å². The molecule has 2 amide bonds. The van der Waals surface area contributed by atoms with Crippen molar-refractivity contribution in [1.29, 1.82) is 0 Å². The number of anilines is 1. The van der Waals surface area contributed by atoms with Crippen LogP contribution in [0.25, 0.3) is 0 Å². The van der Waals surface area contributed by atoms with Gasteiger partial charge >= 0.3 is 0 Å². The van der Waals surface area contributed by atoms with Gasteiger partial charge in [0, 0.05) is 33.7 Å². The Balaban J connectivity index is 2.43. The van der Waals surface area contributed by atoms with Gasteiger partial charge in [-0.3, -0.25) is 13.9 Å². The van der Waals surface area contributed by atoms with E-state index in [1.165, 1.54) is 11.9 Å². The average molecular weight is 551 g/mol. The summed E-state index contributed by atoms with van der Waals surface area (Å²) in [7, 11) is -2.33. The topological polar surface area (TPSA) is 86.8 Å². The van der Waals surface area contributed by atoms with Gasteiger partial charge in [0.05, 0.1) is 11.9 Å². The van der Waals surface area contributed by atoms with Crippen LogP contribution in [0, 0.1) is 0 Å². The predicted octanol–water partition coefficient (Wildman–Crippen LogP) is 3.69. The van der Waals surface area contributed by atoms with E-state index in [0.29, 0.717) is 21.3 Å². The highest BCUT2D eigenvalue weighted by Gasteiger charge is 2.30. The molecule has 11 heteroatoms. The number of halogens is 3. The van der Waals surface area contributed by atoms with Crippen molar-refractivity contribution in [3.05, 3.63) is 62.5 Å². The Morgan fingerprint density at radius 2 is 1.65 bits per heavy atom. The molecular weight excluding hydrogens is 529 g/mol. The molecule has 2 aromatic rings. The minimum Gasteiger partial charge on any atom is -0.357 e. The first-order valence-electron chi connectivity index (χ1n) is 9.13. The summed E-state index contributed by atoms with van der Waals surface area (Å²) in [5.74, 6) is -0.994. The molecule has 168 valence electrons. The Hall–Kier alpha value is -1.81. The lowest BCUT2D eigenvalue weighted by Crippen LogP contribution is -2.50. The number of nitrogens with zero attached hydrogens (tertiary/aromatic N) is 2. The fourth-order valence-electron chi connectivity index (χ4n) is 2.87. The van der Waals surface area contributed by atoms with E-state index in [9.17, 15) is 18.0 Å². The molecule has 31 heavy (non-hydrogen) atoms. The largest absolute Gasteiger partial charge is 0.357 e. The maximum Gasteiger partial charge on any atom is 0.244 e. The van der Waals surface area contributed by atoms with Gasteiger partial charge in [0.2, 0.25) is 21.8 Å². The molecule has 0 radical (unpaired) electrons. The Kier molecular flexibility index (Phi) is 8.76. The van der Waals surface area contributed by atoms with Gasteiger partial charge < -0.3 is 10.2 Å². The number of amides is 2. The molecule has 0 aliphatic carbocycles. The Morgan fingerprint density at radius 3 is 2.13 bits per heavy atom. The number of benzene rings is 2. The molecule has 0 saturated heterocycles. The van der Waals surface area contributed by atoms with Crippen LogP contribution in [0.2, 0.25) is 10.0 Å². The summed E-state index contributed by atoms with van der Waals surface area (Å²) >= 11 is 15.8. The lowest BCUT2D eigenvalue weighted by molar-refractivity contribution is -0.139. The molecule has 2 rings (SSSR count). The molecule has 0 heterocycles. The summed E-state index contributed by atoms with van der Waals surface area (Å²) in [5, 5.41) is 3.17. The van der Waals surface area contributed by atoms with E-state index in [2.05, 4.69) is 21.2 Å². The SMILES string of the molecule is CNC(=O)[C@@H](C)N(Cc1c(Cl)cccc1Cl)C(=O)CN(c1ccc(Br)cc1)S(C)(=O)=O. The molecule has 1 atom stereocenters. The van der Waals surface area contributed by atoms with Gasteiger partial charge in [-0.1, -0.05) is 45.2 Å². The van der Waals surface area contributed by atoms with Crippen LogP contribution in [-0.2, 0) is 26.2 Å². The van der Waals surface area contributed by atoms with E-state index < -0.39 is 34.4 Å². The van der Waals surface area contributed by atoms with Gasteiger partial charge in [-0.25, -0.2) is 8.42 Å². The van der Waals surface area contributed by atoms with E-state index in [0.717, 1.165) is 15.0 Å². The van der Waals surface area contributed by atoms with E-state index >= 15 is 0 Å². The number of carbonyl (C=O) groups excluding carboxylic acids is 2. The van der Waals surface area contributed by atoms with Gasteiger partial charge in [0.15, 0.2) is 0 Å². The number of likely N-dealkylation sites (N-methyl/N-ethyl adjacent to an activating group) is 1. The zero-order valence-electron chi connectivity index (χ0n) is 17.1. The van der Waals surface area contributed by atoms with Crippen LogP contribution in [0.15, 0.2) is 46.9 Å². The maximum absolute atomic E-state index is 13.3. The zero-order valence-corrected chi connectivity index (χ0v) is 21.0. The van der Waals surface area contributed by atoms with E-state index in [4.69, 9.17) is 23.2 Å². The fraction of sp³-hybridized carbons (Fsp3) is 0.300. The van der Waals surface area contributed by atoms with Gasteiger partial charge in [0.1, 0.15) is 12.6 Å². The van der Waals surface area contributed by atoms with Crippen LogP contribution >= 0.6 is 39.1 Å². The van der Waals surface area contributed by atoms with Crippen molar-refractivity contribution in [2.75, 3.05) is 24.2 Å². The minimum atomic E-state index is -3.78. The van der Waals surface area contributed by atoms with Gasteiger partial charge in [-0.15, -0.1) is 0 Å². The van der Waals surface area contributed by atoms with Crippen LogP contribution < -0.4 is 9.62 Å². The van der Waals surface area contributed by atoms with Crippen molar-refractivity contribution in [2.45, 2.75) is 19.5 Å². The Morgan fingerprint density at radius 1 is 1.10 bits per heavy atom. The van der Waals surface area contributed by atoms with E-state index in [-0.39, 0.29) is 6.54 Å². The third-order valence-electron chi connectivity index (χ3n) is 4.60. The number of rotatable bonds is 8. The van der Waals surface area contributed by atoms with Crippen molar-refractivity contribution in [3.8, 4) is 0 Å². The smallest absolute Gasteiger partial charge is 0.244 e. The minimum absolute atomic E-state index is 0.0656. The lowest BCUT2D eigenvalue weighted by Gasteiger charge is -2.31. The second-order valence-corrected chi connectivity index (χ2v) is 10.4. The summed E-state index contributed by atoms with van der Waals surface area (Å²) in [5.41, 5.74) is 0.784. The first-order chi connectivity index (χ1) is 14.5. The van der Waals surface area contributed by atoms with E-state index in [1.807, 2.05) is 0 Å². The highest BCUT2D eigenvalue weighted by atomic mass is 79.9. The quantitative estimate of drug-likeness (QED) is 0.543. The molecule has 1 N–H and O–H groups in total. The van der Waals surface area contributed by atoms with Crippen LogP contribution in [0.5, 0.6) is 0 Å². The molecule has 0 unspecified atom stereocenters. The fourth-order valence-corrected chi connectivity index (χ4v) is 4.50. The molecule has 0 saturated carbocycles. The number of nitrogens with one attached hydrogen (secondary N) is 1. The van der Waals surface area contributed by atoms with Crippen LogP contribution in [0.3, 0.4) is 0 Å². The van der Waals surface area contributed by atoms with Crippen LogP contribution in [0.4, 0.5) is 5.69 Å². The molecule has 0 bridgehead atoms. The first-order valence-corrected chi connectivity index (χ1v) is 12.5. The van der Waals surface area contributed by atoms with Crippen molar-refractivity contribution in [2.24, 2.45) is 0 Å². The molecular formula is C20H22BrCl2N3O4S. The lowest BCUT2D eigenvalue weighted by atomic mass is 10.1. The summed E-state index contributed by atoms with van der Waals surface area (Å²) in [4.78, 5) is 26.8. The molecule has 0 aliphatic rings. The monoisotopic (exact) mass is 549 g/mol. The predicted molar refractivity (Wildman–Crippen MR) is 127 cm³/mol. The van der Waals surface area contributed by atoms with E-state index in [1.54, 1.807) is 49.4 Å². The summed E-state index contributed by atoms with van der Waals surface area (Å²) in [6.45, 7) is 0.986. The van der Waals surface area contributed by atoms with Gasteiger partial charge in [-0.05, 0) is 43.3 Å². The van der Waals surface area contributed by atoms with Crippen molar-refractivity contribution < 1.29 is 18.0 Å². The van der Waals surface area contributed by atoms with Crippen molar-refractivity contribution in [1.82, 2.24) is 10.2 Å². The first kappa shape index (κ1) is 25.5. The molecule has 0 spiro atoms. The molecule has 7 nitrogen and oxygen atoms in total. The molecule has 2 aromatic carbocycles. The normalized spacial score (nSPS) is 12.2. The highest BCUT2D eigenvalue weighted by molar-refractivity contribution is 9.10. The molecule has 0 aromatic heterocycles. The number of hydrogen-bond donors (Lipinski definition) is 1. The average Bonchev–Trinajstić information content (AvgIpc) is 2.70. The maximum atomic E-state index is 13.3. The second kappa shape index (κ2) is 10.7. The standard InChI is InChI=1S/C20H22BrCl2N3O4S/c1-13(20(28)24-2)25(11-16-17(22)5-4-6-18(16)23)19(27)12-26(31(3,29)30)15-9-7-14(21)8-10-15/h4-10,13H,11-12H2,1-3H3,(H,24,28)/t13-/m1/s1. The molecule has 0 fully saturated rings. The highest BCUT2D eigenvalue weighted by Crippen LogP contribution is 2.27. The number of hydrogen-bond acceptors (Lipinski definition) is 4. The van der Waals surface area contributed by atoms with Crippen molar-refractivity contribution >= 4 is 66.7 Å². The Labute approximate surface area is 200 Å².